The second-order valence-electron chi connectivity index (χ2n) is 4.36. The Labute approximate surface area is 117 Å². The number of para-hydroxylation sites is 1. The molecular formula is C13H18ClNO2S. The molecule has 2 rings (SSSR count). The highest BCUT2D eigenvalue weighted by molar-refractivity contribution is 7.99. The number of hydrogen-bond donors (Lipinski definition) is 2. The van der Waals surface area contributed by atoms with Crippen molar-refractivity contribution in [2.75, 3.05) is 24.7 Å². The fraction of sp³-hybridized carbons (Fsp3) is 0.538. The molecule has 0 saturated carbocycles. The van der Waals surface area contributed by atoms with Crippen LogP contribution in [-0.4, -0.2) is 41.9 Å². The van der Waals surface area contributed by atoms with Gasteiger partial charge in [0.15, 0.2) is 0 Å². The van der Waals surface area contributed by atoms with E-state index in [1.807, 2.05) is 23.9 Å². The topological polar surface area (TPSA) is 41.5 Å². The summed E-state index contributed by atoms with van der Waals surface area (Å²) in [5.41, 5.74) is 0. The minimum Gasteiger partial charge on any atom is -0.489 e. The number of nitrogens with one attached hydrogen (secondary N) is 1. The number of thioether (sulfide) groups is 1. The van der Waals surface area contributed by atoms with Crippen LogP contribution in [0.5, 0.6) is 5.75 Å². The van der Waals surface area contributed by atoms with E-state index < -0.39 is 6.10 Å². The summed E-state index contributed by atoms with van der Waals surface area (Å²) in [6.07, 6.45) is 0.676. The first-order valence-corrected chi connectivity index (χ1v) is 7.65. The van der Waals surface area contributed by atoms with Crippen LogP contribution in [0.3, 0.4) is 0 Å². The van der Waals surface area contributed by atoms with Crippen LogP contribution in [0.1, 0.15) is 6.42 Å². The molecule has 0 aliphatic carbocycles. The lowest BCUT2D eigenvalue weighted by molar-refractivity contribution is 0.104. The van der Waals surface area contributed by atoms with Crippen molar-refractivity contribution in [2.24, 2.45) is 0 Å². The molecule has 1 heterocycles. The summed E-state index contributed by atoms with van der Waals surface area (Å²) in [4.78, 5) is 0. The van der Waals surface area contributed by atoms with Crippen molar-refractivity contribution >= 4 is 23.4 Å². The Morgan fingerprint density at radius 2 is 2.33 bits per heavy atom. The number of halogens is 1. The van der Waals surface area contributed by atoms with Gasteiger partial charge in [-0.3, -0.25) is 0 Å². The van der Waals surface area contributed by atoms with Gasteiger partial charge < -0.3 is 15.2 Å². The zero-order valence-corrected chi connectivity index (χ0v) is 11.7. The van der Waals surface area contributed by atoms with Crippen LogP contribution in [0.2, 0.25) is 5.02 Å². The third-order valence-electron chi connectivity index (χ3n) is 2.84. The Balaban J connectivity index is 1.68. The summed E-state index contributed by atoms with van der Waals surface area (Å²) >= 11 is 7.92. The minimum atomic E-state index is -0.508. The molecule has 1 saturated heterocycles. The van der Waals surface area contributed by atoms with E-state index in [-0.39, 0.29) is 6.61 Å². The van der Waals surface area contributed by atoms with Crippen LogP contribution in [-0.2, 0) is 0 Å². The molecule has 1 fully saturated rings. The maximum atomic E-state index is 9.82. The summed E-state index contributed by atoms with van der Waals surface area (Å²) < 4.78 is 5.49. The predicted octanol–water partition coefficient (Wildman–Crippen LogP) is 2.17. The quantitative estimate of drug-likeness (QED) is 0.841. The van der Waals surface area contributed by atoms with Crippen molar-refractivity contribution in [3.05, 3.63) is 29.3 Å². The molecule has 0 bridgehead atoms. The zero-order chi connectivity index (χ0) is 12.8. The number of benzene rings is 1. The van der Waals surface area contributed by atoms with Crippen molar-refractivity contribution in [2.45, 2.75) is 18.6 Å². The van der Waals surface area contributed by atoms with E-state index in [9.17, 15) is 5.11 Å². The first kappa shape index (κ1) is 14.0. The highest BCUT2D eigenvalue weighted by atomic mass is 35.5. The average molecular weight is 288 g/mol. The number of ether oxygens (including phenoxy) is 1. The van der Waals surface area contributed by atoms with Crippen molar-refractivity contribution in [1.82, 2.24) is 5.32 Å². The van der Waals surface area contributed by atoms with Gasteiger partial charge in [0, 0.05) is 18.3 Å². The zero-order valence-electron chi connectivity index (χ0n) is 10.1. The fourth-order valence-corrected chi connectivity index (χ4v) is 3.18. The molecule has 3 nitrogen and oxygen atoms in total. The molecule has 1 aliphatic heterocycles. The normalized spacial score (nSPS) is 20.9. The number of rotatable bonds is 6. The number of aliphatic hydroxyl groups is 1. The molecule has 2 atom stereocenters. The second kappa shape index (κ2) is 7.24. The predicted molar refractivity (Wildman–Crippen MR) is 76.7 cm³/mol. The maximum Gasteiger partial charge on any atom is 0.138 e. The lowest BCUT2D eigenvalue weighted by Gasteiger charge is -2.16. The molecular weight excluding hydrogens is 270 g/mol. The van der Waals surface area contributed by atoms with E-state index in [4.69, 9.17) is 16.3 Å². The van der Waals surface area contributed by atoms with Crippen LogP contribution in [0.15, 0.2) is 24.3 Å². The Hall–Kier alpha value is -0.420. The summed E-state index contributed by atoms with van der Waals surface area (Å²) in [5.74, 6) is 2.97. The molecule has 18 heavy (non-hydrogen) atoms. The van der Waals surface area contributed by atoms with Gasteiger partial charge in [0.2, 0.25) is 0 Å². The minimum absolute atomic E-state index is 0.261. The first-order valence-electron chi connectivity index (χ1n) is 6.12. The van der Waals surface area contributed by atoms with Crippen LogP contribution < -0.4 is 10.1 Å². The van der Waals surface area contributed by atoms with Gasteiger partial charge in [-0.05, 0) is 24.3 Å². The molecule has 2 N–H and O–H groups in total. The molecule has 0 radical (unpaired) electrons. The Kier molecular flexibility index (Phi) is 5.63. The maximum absolute atomic E-state index is 9.82. The molecule has 0 aromatic heterocycles. The Morgan fingerprint density at radius 3 is 3.06 bits per heavy atom. The van der Waals surface area contributed by atoms with Crippen molar-refractivity contribution in [3.63, 3.8) is 0 Å². The molecule has 2 unspecified atom stereocenters. The highest BCUT2D eigenvalue weighted by Crippen LogP contribution is 2.23. The van der Waals surface area contributed by atoms with E-state index in [1.165, 1.54) is 12.2 Å². The Morgan fingerprint density at radius 1 is 1.50 bits per heavy atom. The lowest BCUT2D eigenvalue weighted by atomic mass is 10.2. The lowest BCUT2D eigenvalue weighted by Crippen LogP contribution is -2.38. The van der Waals surface area contributed by atoms with E-state index in [2.05, 4.69) is 5.32 Å². The molecule has 100 valence electrons. The van der Waals surface area contributed by atoms with Gasteiger partial charge >= 0.3 is 0 Å². The van der Waals surface area contributed by atoms with Gasteiger partial charge in [-0.25, -0.2) is 0 Å². The van der Waals surface area contributed by atoms with Gasteiger partial charge in [0.05, 0.1) is 5.02 Å². The van der Waals surface area contributed by atoms with E-state index in [1.54, 1.807) is 12.1 Å². The van der Waals surface area contributed by atoms with Crippen molar-refractivity contribution in [1.29, 1.82) is 0 Å². The molecule has 1 aromatic rings. The molecule has 1 aromatic carbocycles. The summed E-state index contributed by atoms with van der Waals surface area (Å²) in [5, 5.41) is 13.7. The smallest absolute Gasteiger partial charge is 0.138 e. The van der Waals surface area contributed by atoms with E-state index in [0.717, 1.165) is 5.75 Å². The average Bonchev–Trinajstić information content (AvgIpc) is 2.88. The molecule has 5 heteroatoms. The SMILES string of the molecule is OC(CNC1CCSC1)COc1ccccc1Cl. The van der Waals surface area contributed by atoms with Crippen LogP contribution >= 0.6 is 23.4 Å². The number of aliphatic hydroxyl groups excluding tert-OH is 1. The Bertz CT molecular complexity index is 372. The largest absolute Gasteiger partial charge is 0.489 e. The third kappa shape index (κ3) is 4.35. The standard InChI is InChI=1S/C13H18ClNO2S/c14-12-3-1-2-4-13(12)17-8-11(16)7-15-10-5-6-18-9-10/h1-4,10-11,15-16H,5-9H2. The number of hydrogen-bond acceptors (Lipinski definition) is 4. The van der Waals surface area contributed by atoms with Crippen LogP contribution in [0.25, 0.3) is 0 Å². The molecule has 0 spiro atoms. The van der Waals surface area contributed by atoms with Crippen molar-refractivity contribution in [3.8, 4) is 5.75 Å². The van der Waals surface area contributed by atoms with Gasteiger partial charge in [-0.15, -0.1) is 0 Å². The molecule has 1 aliphatic rings. The summed E-state index contributed by atoms with van der Waals surface area (Å²) in [7, 11) is 0. The third-order valence-corrected chi connectivity index (χ3v) is 4.31. The van der Waals surface area contributed by atoms with Gasteiger partial charge in [0.1, 0.15) is 18.5 Å². The fourth-order valence-electron chi connectivity index (χ4n) is 1.80. The van der Waals surface area contributed by atoms with E-state index >= 15 is 0 Å². The van der Waals surface area contributed by atoms with Gasteiger partial charge in [-0.2, -0.15) is 11.8 Å². The second-order valence-corrected chi connectivity index (χ2v) is 5.92. The van der Waals surface area contributed by atoms with Crippen LogP contribution in [0.4, 0.5) is 0 Å². The molecule has 0 amide bonds. The van der Waals surface area contributed by atoms with E-state index in [0.29, 0.717) is 23.4 Å². The highest BCUT2D eigenvalue weighted by Gasteiger charge is 2.16. The van der Waals surface area contributed by atoms with Crippen LogP contribution in [0, 0.1) is 0 Å². The van der Waals surface area contributed by atoms with Crippen molar-refractivity contribution < 1.29 is 9.84 Å². The first-order chi connectivity index (χ1) is 8.75. The monoisotopic (exact) mass is 287 g/mol. The van der Waals surface area contributed by atoms with Gasteiger partial charge in [-0.1, -0.05) is 23.7 Å². The summed E-state index contributed by atoms with van der Waals surface area (Å²) in [6, 6.07) is 7.82. The van der Waals surface area contributed by atoms with Gasteiger partial charge in [0.25, 0.3) is 0 Å². The summed E-state index contributed by atoms with van der Waals surface area (Å²) in [6.45, 7) is 0.826.